The van der Waals surface area contributed by atoms with E-state index in [1.54, 1.807) is 0 Å². The van der Waals surface area contributed by atoms with E-state index in [4.69, 9.17) is 10.8 Å². The highest BCUT2D eigenvalue weighted by molar-refractivity contribution is 5.80. The van der Waals surface area contributed by atoms with E-state index in [-0.39, 0.29) is 0 Å². The maximum Gasteiger partial charge on any atom is 0.325 e. The van der Waals surface area contributed by atoms with Crippen LogP contribution in [0.5, 0.6) is 0 Å². The summed E-state index contributed by atoms with van der Waals surface area (Å²) in [5, 5.41) is 9.09. The van der Waals surface area contributed by atoms with Crippen LogP contribution in [0.25, 0.3) is 0 Å². The van der Waals surface area contributed by atoms with Crippen LogP contribution in [0.4, 0.5) is 5.82 Å². The van der Waals surface area contributed by atoms with Crippen LogP contribution < -0.4 is 10.6 Å². The molecule has 1 unspecified atom stereocenters. The molecular formula is C12H18N4O2. The molecule has 0 amide bonds. The highest BCUT2D eigenvalue weighted by atomic mass is 16.4. The molecule has 0 bridgehead atoms. The number of anilines is 1. The average molecular weight is 250 g/mol. The molecule has 1 aliphatic heterocycles. The smallest absolute Gasteiger partial charge is 0.325 e. The van der Waals surface area contributed by atoms with Crippen molar-refractivity contribution in [1.29, 1.82) is 0 Å². The first-order chi connectivity index (χ1) is 8.55. The largest absolute Gasteiger partial charge is 0.480 e. The monoisotopic (exact) mass is 250 g/mol. The van der Waals surface area contributed by atoms with Gasteiger partial charge in [0.05, 0.1) is 0 Å². The van der Waals surface area contributed by atoms with Crippen molar-refractivity contribution >= 4 is 11.8 Å². The van der Waals surface area contributed by atoms with Crippen molar-refractivity contribution in [1.82, 2.24) is 9.97 Å². The Labute approximate surface area is 106 Å². The molecule has 0 aliphatic carbocycles. The van der Waals surface area contributed by atoms with E-state index in [1.807, 2.05) is 11.0 Å². The summed E-state index contributed by atoms with van der Waals surface area (Å²) in [5.41, 5.74) is 5.66. The summed E-state index contributed by atoms with van der Waals surface area (Å²) in [7, 11) is 0. The molecule has 3 N–H and O–H groups in total. The minimum absolute atomic E-state index is 0.297. The fourth-order valence-corrected chi connectivity index (χ4v) is 2.15. The second-order valence-corrected chi connectivity index (χ2v) is 4.75. The number of carboxylic acids is 1. The van der Waals surface area contributed by atoms with Crippen LogP contribution in [0.2, 0.25) is 0 Å². The lowest BCUT2D eigenvalue weighted by Gasteiger charge is -2.20. The van der Waals surface area contributed by atoms with Gasteiger partial charge in [-0.1, -0.05) is 13.3 Å². The van der Waals surface area contributed by atoms with Crippen LogP contribution in [-0.4, -0.2) is 39.7 Å². The zero-order valence-electron chi connectivity index (χ0n) is 10.5. The van der Waals surface area contributed by atoms with Gasteiger partial charge in [0.2, 0.25) is 0 Å². The molecule has 6 nitrogen and oxygen atoms in total. The number of hydrogen-bond acceptors (Lipinski definition) is 5. The predicted octanol–water partition coefficient (Wildman–Crippen LogP) is 0.421. The van der Waals surface area contributed by atoms with Crippen LogP contribution in [0.3, 0.4) is 0 Å². The lowest BCUT2D eigenvalue weighted by Crippen LogP contribution is -2.50. The van der Waals surface area contributed by atoms with E-state index in [1.165, 1.54) is 6.33 Å². The topological polar surface area (TPSA) is 92.3 Å². The molecule has 0 aromatic carbocycles. The van der Waals surface area contributed by atoms with Crippen LogP contribution in [-0.2, 0) is 11.2 Å². The molecule has 98 valence electrons. The lowest BCUT2D eigenvalue weighted by molar-refractivity contribution is -0.142. The molecule has 1 aliphatic rings. The van der Waals surface area contributed by atoms with Crippen molar-refractivity contribution in [2.75, 3.05) is 18.0 Å². The van der Waals surface area contributed by atoms with Crippen molar-refractivity contribution in [2.24, 2.45) is 5.73 Å². The number of aromatic nitrogens is 2. The van der Waals surface area contributed by atoms with E-state index in [9.17, 15) is 4.79 Å². The van der Waals surface area contributed by atoms with Crippen molar-refractivity contribution in [3.8, 4) is 0 Å². The first-order valence-electron chi connectivity index (χ1n) is 6.13. The van der Waals surface area contributed by atoms with E-state index < -0.39 is 11.5 Å². The molecule has 0 radical (unpaired) electrons. The first-order valence-corrected chi connectivity index (χ1v) is 6.13. The van der Waals surface area contributed by atoms with Gasteiger partial charge in [-0.15, -0.1) is 0 Å². The van der Waals surface area contributed by atoms with E-state index >= 15 is 0 Å². The quantitative estimate of drug-likeness (QED) is 0.804. The van der Waals surface area contributed by atoms with Crippen molar-refractivity contribution in [3.63, 3.8) is 0 Å². The summed E-state index contributed by atoms with van der Waals surface area (Å²) in [6, 6.07) is 1.91. The number of aliphatic carboxylic acids is 1. The third-order valence-electron chi connectivity index (χ3n) is 3.27. The Bertz CT molecular complexity index is 451. The van der Waals surface area contributed by atoms with E-state index in [2.05, 4.69) is 16.9 Å². The minimum atomic E-state index is -1.16. The number of aryl methyl sites for hydroxylation is 1. The molecule has 1 atom stereocenters. The number of nitrogens with zero attached hydrogens (tertiary/aromatic N) is 3. The summed E-state index contributed by atoms with van der Waals surface area (Å²) in [4.78, 5) is 21.4. The third kappa shape index (κ3) is 2.43. The Morgan fingerprint density at radius 1 is 1.61 bits per heavy atom. The van der Waals surface area contributed by atoms with Gasteiger partial charge in [-0.2, -0.15) is 0 Å². The van der Waals surface area contributed by atoms with Crippen LogP contribution >= 0.6 is 0 Å². The van der Waals surface area contributed by atoms with Crippen LogP contribution in [0.1, 0.15) is 25.5 Å². The Hall–Kier alpha value is -1.69. The summed E-state index contributed by atoms with van der Waals surface area (Å²) in [6.45, 7) is 3.00. The van der Waals surface area contributed by atoms with Crippen molar-refractivity contribution in [3.05, 3.63) is 18.1 Å². The standard InChI is InChI=1S/C12H18N4O2/c1-2-3-9-6-10(15-8-14-9)16-5-4-12(13,7-16)11(17)18/h6,8H,2-5,7,13H2,1H3,(H,17,18). The van der Waals surface area contributed by atoms with Crippen molar-refractivity contribution in [2.45, 2.75) is 31.7 Å². The second-order valence-electron chi connectivity index (χ2n) is 4.75. The maximum atomic E-state index is 11.1. The highest BCUT2D eigenvalue weighted by Crippen LogP contribution is 2.24. The highest BCUT2D eigenvalue weighted by Gasteiger charge is 2.41. The third-order valence-corrected chi connectivity index (χ3v) is 3.27. The lowest BCUT2D eigenvalue weighted by atomic mass is 10.0. The molecule has 1 fully saturated rings. The summed E-state index contributed by atoms with van der Waals surface area (Å²) in [5.74, 6) is -0.185. The first kappa shape index (κ1) is 12.8. The average Bonchev–Trinajstić information content (AvgIpc) is 2.74. The number of carboxylic acid groups (broad SMARTS) is 1. The molecule has 1 aromatic heterocycles. The van der Waals surface area contributed by atoms with E-state index in [0.29, 0.717) is 19.5 Å². The summed E-state index contributed by atoms with van der Waals surface area (Å²) >= 11 is 0. The Morgan fingerprint density at radius 3 is 3.00 bits per heavy atom. The fraction of sp³-hybridized carbons (Fsp3) is 0.583. The molecule has 2 rings (SSSR count). The summed E-state index contributed by atoms with van der Waals surface area (Å²) < 4.78 is 0. The molecule has 1 saturated heterocycles. The van der Waals surface area contributed by atoms with Gasteiger partial charge in [-0.3, -0.25) is 4.79 Å². The second kappa shape index (κ2) is 4.89. The van der Waals surface area contributed by atoms with Gasteiger partial charge in [-0.05, 0) is 12.8 Å². The molecule has 18 heavy (non-hydrogen) atoms. The van der Waals surface area contributed by atoms with Gasteiger partial charge < -0.3 is 15.7 Å². The molecule has 0 saturated carbocycles. The normalized spacial score (nSPS) is 23.3. The molecular weight excluding hydrogens is 232 g/mol. The van der Waals surface area contributed by atoms with Crippen LogP contribution in [0, 0.1) is 0 Å². The van der Waals surface area contributed by atoms with Gasteiger partial charge in [0.25, 0.3) is 0 Å². The van der Waals surface area contributed by atoms with Crippen molar-refractivity contribution < 1.29 is 9.90 Å². The molecule has 6 heteroatoms. The van der Waals surface area contributed by atoms with Gasteiger partial charge in [0, 0.05) is 24.8 Å². The summed E-state index contributed by atoms with van der Waals surface area (Å²) in [6.07, 6.45) is 3.88. The van der Waals surface area contributed by atoms with Gasteiger partial charge in [0.15, 0.2) is 0 Å². The number of nitrogens with two attached hydrogens (primary N) is 1. The Kier molecular flexibility index (Phi) is 3.47. The van der Waals surface area contributed by atoms with Gasteiger partial charge in [-0.25, -0.2) is 9.97 Å². The van der Waals surface area contributed by atoms with Gasteiger partial charge >= 0.3 is 5.97 Å². The molecule has 0 spiro atoms. The van der Waals surface area contributed by atoms with Gasteiger partial charge in [0.1, 0.15) is 17.7 Å². The maximum absolute atomic E-state index is 11.1. The predicted molar refractivity (Wildman–Crippen MR) is 67.4 cm³/mol. The van der Waals surface area contributed by atoms with E-state index in [0.717, 1.165) is 24.4 Å². The molecule has 1 aromatic rings. The zero-order chi connectivity index (χ0) is 13.2. The number of rotatable bonds is 4. The SMILES string of the molecule is CCCc1cc(N2CCC(N)(C(=O)O)C2)ncn1. The van der Waals surface area contributed by atoms with Crippen LogP contribution in [0.15, 0.2) is 12.4 Å². The number of carbonyl (C=O) groups is 1. The molecule has 2 heterocycles. The Balaban J connectivity index is 2.14. The zero-order valence-corrected chi connectivity index (χ0v) is 10.5. The minimum Gasteiger partial charge on any atom is -0.480 e. The Morgan fingerprint density at radius 2 is 2.39 bits per heavy atom. The fourth-order valence-electron chi connectivity index (χ4n) is 2.15. The number of hydrogen-bond donors (Lipinski definition) is 2.